The second-order valence-corrected chi connectivity index (χ2v) is 10.1. The van der Waals surface area contributed by atoms with E-state index < -0.39 is 26.7 Å². The number of azo groups is 1. The van der Waals surface area contributed by atoms with E-state index in [-0.39, 0.29) is 32.7 Å². The number of hydrogen-bond donors (Lipinski definition) is 3. The molecular weight excluding hydrogens is 541 g/mol. The highest BCUT2D eigenvalue weighted by molar-refractivity contribution is 7.85. The number of phenolic OH excluding ortho intramolecular Hbond substituents is 1. The molecule has 0 spiro atoms. The lowest BCUT2D eigenvalue weighted by Gasteiger charge is -2.14. The molecule has 0 fully saturated rings. The summed E-state index contributed by atoms with van der Waals surface area (Å²) in [5.74, 6) is -0.827. The molecule has 37 heavy (non-hydrogen) atoms. The Morgan fingerprint density at radius 3 is 2.43 bits per heavy atom. The second kappa shape index (κ2) is 10.3. The van der Waals surface area contributed by atoms with Crippen LogP contribution in [-0.4, -0.2) is 31.1 Å². The molecule has 0 heterocycles. The number of methoxy groups -OCH3 is 1. The molecule has 0 atom stereocenters. The van der Waals surface area contributed by atoms with E-state index in [0.29, 0.717) is 22.1 Å². The van der Waals surface area contributed by atoms with Gasteiger partial charge in [0.2, 0.25) is 0 Å². The van der Waals surface area contributed by atoms with Crippen LogP contribution in [0.2, 0.25) is 10.0 Å². The van der Waals surface area contributed by atoms with Crippen LogP contribution in [0.15, 0.2) is 75.8 Å². The van der Waals surface area contributed by atoms with Crippen molar-refractivity contribution in [1.29, 1.82) is 0 Å². The number of hydrogen-bond acceptors (Lipinski definition) is 7. The summed E-state index contributed by atoms with van der Waals surface area (Å²) >= 11 is 12.3. The Labute approximate surface area is 222 Å². The third kappa shape index (κ3) is 5.37. The van der Waals surface area contributed by atoms with Crippen molar-refractivity contribution in [1.82, 2.24) is 0 Å². The highest BCUT2D eigenvalue weighted by atomic mass is 35.5. The fraction of sp³-hybridized carbons (Fsp3) is 0.0800. The number of carbonyl (C=O) groups excluding carboxylic acids is 1. The summed E-state index contributed by atoms with van der Waals surface area (Å²) in [6.07, 6.45) is 0. The third-order valence-corrected chi connectivity index (χ3v) is 7.06. The van der Waals surface area contributed by atoms with Crippen LogP contribution >= 0.6 is 23.2 Å². The number of carbonyl (C=O) groups is 1. The Bertz CT molecular complexity index is 1690. The number of fused-ring (bicyclic) bond motifs is 1. The molecular formula is C25H19Cl2N3O6S. The van der Waals surface area contributed by atoms with Crippen molar-refractivity contribution >= 4 is 67.1 Å². The summed E-state index contributed by atoms with van der Waals surface area (Å²) < 4.78 is 37.9. The number of nitrogens with zero attached hydrogens (tertiary/aromatic N) is 2. The average Bonchev–Trinajstić information content (AvgIpc) is 2.85. The average molecular weight is 560 g/mol. The quantitative estimate of drug-likeness (QED) is 0.170. The van der Waals surface area contributed by atoms with Crippen molar-refractivity contribution in [3.05, 3.63) is 81.8 Å². The van der Waals surface area contributed by atoms with Gasteiger partial charge in [0.1, 0.15) is 17.1 Å². The van der Waals surface area contributed by atoms with Crippen LogP contribution in [0.25, 0.3) is 10.8 Å². The summed E-state index contributed by atoms with van der Waals surface area (Å²) in [5.41, 5.74) is 0.499. The normalized spacial score (nSPS) is 11.7. The standard InChI is InChI=1S/C25H19Cl2N3O6S/c1-13-19(27)11-15(37(33,34)35)12-20(13)29-30-22-16-7-4-3-6-14(16)10-17(24(22)31)25(32)28-23-18(26)8-5-9-21(23)36-2/h3-12,31H,1-2H3,(H,28,32)(H,33,34,35). The molecule has 0 bridgehead atoms. The van der Waals surface area contributed by atoms with Crippen LogP contribution in [0.3, 0.4) is 0 Å². The zero-order chi connectivity index (χ0) is 26.9. The molecule has 4 aromatic carbocycles. The number of aromatic hydroxyl groups is 1. The van der Waals surface area contributed by atoms with Crippen molar-refractivity contribution < 1.29 is 27.6 Å². The molecule has 0 unspecified atom stereocenters. The number of anilines is 1. The van der Waals surface area contributed by atoms with E-state index in [9.17, 15) is 22.9 Å². The topological polar surface area (TPSA) is 138 Å². The molecule has 0 saturated carbocycles. The maximum atomic E-state index is 13.2. The van der Waals surface area contributed by atoms with Gasteiger partial charge in [0, 0.05) is 10.4 Å². The minimum absolute atomic E-state index is 0.0397. The number of ether oxygens (including phenoxy) is 1. The number of amides is 1. The molecule has 4 rings (SSSR count). The summed E-state index contributed by atoms with van der Waals surface area (Å²) in [7, 11) is -3.13. The van der Waals surface area contributed by atoms with Crippen LogP contribution < -0.4 is 10.1 Å². The Kier molecular flexibility index (Phi) is 7.37. The lowest BCUT2D eigenvalue weighted by atomic mass is 10.0. The molecule has 9 nitrogen and oxygen atoms in total. The van der Waals surface area contributed by atoms with Gasteiger partial charge in [0.15, 0.2) is 5.75 Å². The Balaban J connectivity index is 1.84. The zero-order valence-electron chi connectivity index (χ0n) is 19.4. The number of rotatable bonds is 6. The Morgan fingerprint density at radius 2 is 1.73 bits per heavy atom. The molecule has 0 aliphatic rings. The van der Waals surface area contributed by atoms with Gasteiger partial charge in [-0.3, -0.25) is 9.35 Å². The number of halogens is 2. The molecule has 0 aliphatic carbocycles. The number of nitrogens with one attached hydrogen (secondary N) is 1. The van der Waals surface area contributed by atoms with Crippen molar-refractivity contribution in [3.8, 4) is 11.5 Å². The van der Waals surface area contributed by atoms with Crippen molar-refractivity contribution in [2.24, 2.45) is 10.2 Å². The SMILES string of the molecule is COc1cccc(Cl)c1NC(=O)c1cc2ccccc2c(N=Nc2cc(S(=O)(=O)O)cc(Cl)c2C)c1O. The second-order valence-electron chi connectivity index (χ2n) is 7.84. The van der Waals surface area contributed by atoms with Crippen LogP contribution in [0.5, 0.6) is 11.5 Å². The van der Waals surface area contributed by atoms with E-state index in [4.69, 9.17) is 27.9 Å². The molecule has 0 aliphatic heterocycles. The summed E-state index contributed by atoms with van der Waals surface area (Å²) in [6.45, 7) is 1.59. The minimum atomic E-state index is -4.56. The molecule has 0 aromatic heterocycles. The van der Waals surface area contributed by atoms with E-state index in [1.807, 2.05) is 0 Å². The molecule has 190 valence electrons. The molecule has 3 N–H and O–H groups in total. The maximum absolute atomic E-state index is 13.2. The van der Waals surface area contributed by atoms with E-state index in [1.54, 1.807) is 49.4 Å². The fourth-order valence-corrected chi connectivity index (χ4v) is 4.58. The van der Waals surface area contributed by atoms with E-state index in [0.717, 1.165) is 12.1 Å². The number of benzene rings is 4. The maximum Gasteiger partial charge on any atom is 0.294 e. The summed E-state index contributed by atoms with van der Waals surface area (Å²) in [4.78, 5) is 12.7. The van der Waals surface area contributed by atoms with Crippen molar-refractivity contribution in [3.63, 3.8) is 0 Å². The van der Waals surface area contributed by atoms with Gasteiger partial charge in [-0.25, -0.2) is 0 Å². The predicted molar refractivity (Wildman–Crippen MR) is 142 cm³/mol. The van der Waals surface area contributed by atoms with Gasteiger partial charge in [-0.2, -0.15) is 13.5 Å². The lowest BCUT2D eigenvalue weighted by molar-refractivity contribution is 0.102. The van der Waals surface area contributed by atoms with Crippen LogP contribution in [0.1, 0.15) is 15.9 Å². The van der Waals surface area contributed by atoms with E-state index in [2.05, 4.69) is 15.5 Å². The van der Waals surface area contributed by atoms with Crippen molar-refractivity contribution in [2.45, 2.75) is 11.8 Å². The fourth-order valence-electron chi connectivity index (χ4n) is 3.57. The number of phenols is 1. The summed E-state index contributed by atoms with van der Waals surface area (Å²) in [6, 6.07) is 15.4. The number of para-hydroxylation sites is 1. The highest BCUT2D eigenvalue weighted by Gasteiger charge is 2.21. The smallest absolute Gasteiger partial charge is 0.294 e. The van der Waals surface area contributed by atoms with Gasteiger partial charge in [0.25, 0.3) is 16.0 Å². The minimum Gasteiger partial charge on any atom is -0.505 e. The van der Waals surface area contributed by atoms with Gasteiger partial charge in [-0.15, -0.1) is 5.11 Å². The Hall–Kier alpha value is -3.70. The van der Waals surface area contributed by atoms with Crippen LogP contribution in [-0.2, 0) is 10.1 Å². The molecule has 0 saturated heterocycles. The van der Waals surface area contributed by atoms with Crippen LogP contribution in [0, 0.1) is 6.92 Å². The molecule has 4 aromatic rings. The Morgan fingerprint density at radius 1 is 1.00 bits per heavy atom. The zero-order valence-corrected chi connectivity index (χ0v) is 21.7. The van der Waals surface area contributed by atoms with Crippen LogP contribution in [0.4, 0.5) is 17.1 Å². The first-order chi connectivity index (χ1) is 17.5. The van der Waals surface area contributed by atoms with E-state index in [1.165, 1.54) is 13.2 Å². The molecule has 1 amide bonds. The largest absolute Gasteiger partial charge is 0.505 e. The van der Waals surface area contributed by atoms with Gasteiger partial charge in [0.05, 0.1) is 28.3 Å². The van der Waals surface area contributed by atoms with Gasteiger partial charge in [-0.05, 0) is 48.2 Å². The lowest BCUT2D eigenvalue weighted by Crippen LogP contribution is -2.13. The predicted octanol–water partition coefficient (Wildman–Crippen LogP) is 7.08. The first-order valence-corrected chi connectivity index (χ1v) is 12.8. The molecule has 12 heteroatoms. The first kappa shape index (κ1) is 26.4. The van der Waals surface area contributed by atoms with Gasteiger partial charge in [-0.1, -0.05) is 53.5 Å². The summed E-state index contributed by atoms with van der Waals surface area (Å²) in [5, 5.41) is 23.3. The first-order valence-electron chi connectivity index (χ1n) is 10.6. The molecule has 0 radical (unpaired) electrons. The highest BCUT2D eigenvalue weighted by Crippen LogP contribution is 2.41. The monoisotopic (exact) mass is 559 g/mol. The van der Waals surface area contributed by atoms with Gasteiger partial charge >= 0.3 is 0 Å². The van der Waals surface area contributed by atoms with Gasteiger partial charge < -0.3 is 15.2 Å². The van der Waals surface area contributed by atoms with Crippen molar-refractivity contribution in [2.75, 3.05) is 12.4 Å². The third-order valence-electron chi connectivity index (χ3n) is 5.52. The van der Waals surface area contributed by atoms with E-state index >= 15 is 0 Å².